The number of nitrogens with one attached hydrogen (secondary N) is 1. The number of halogens is 1. The maximum atomic E-state index is 12.8. The van der Waals surface area contributed by atoms with Gasteiger partial charge in [0.15, 0.2) is 5.60 Å². The zero-order valence-electron chi connectivity index (χ0n) is 16.3. The number of hydrogen-bond donors (Lipinski definition) is 1. The van der Waals surface area contributed by atoms with Gasteiger partial charge in [0.05, 0.1) is 18.4 Å². The van der Waals surface area contributed by atoms with Crippen LogP contribution in [-0.2, 0) is 14.3 Å². The molecule has 0 saturated heterocycles. The van der Waals surface area contributed by atoms with Gasteiger partial charge in [-0.15, -0.1) is 0 Å². The maximum Gasteiger partial charge on any atom is 0.337 e. The zero-order chi connectivity index (χ0) is 21.2. The van der Waals surface area contributed by atoms with Gasteiger partial charge in [-0.1, -0.05) is 17.7 Å². The molecule has 0 aromatic heterocycles. The predicted molar refractivity (Wildman–Crippen MR) is 110 cm³/mol. The highest BCUT2D eigenvalue weighted by atomic mass is 35.5. The first kappa shape index (κ1) is 20.7. The minimum Gasteiger partial charge on any atom is -0.476 e. The topological polar surface area (TPSA) is 84.9 Å². The van der Waals surface area contributed by atoms with Crippen LogP contribution in [0.2, 0.25) is 5.02 Å². The summed E-state index contributed by atoms with van der Waals surface area (Å²) in [6.45, 7) is 3.51. The Labute approximate surface area is 173 Å². The summed E-state index contributed by atoms with van der Waals surface area (Å²) in [6, 6.07) is 11.5. The smallest absolute Gasteiger partial charge is 0.337 e. The standard InChI is InChI=1S/C21H21ClN2O5/c1-21(2)20(27)24(16-12-14(22)7-8-17(16)29-21)10-9-18(25)23-15-6-4-5-13(11-15)19(26)28-3/h4-8,11-12H,9-10H2,1-3H3,(H,23,25). The molecular weight excluding hydrogens is 396 g/mol. The molecule has 0 unspecified atom stereocenters. The van der Waals surface area contributed by atoms with E-state index in [1.165, 1.54) is 18.1 Å². The van der Waals surface area contributed by atoms with E-state index in [9.17, 15) is 14.4 Å². The molecule has 0 bridgehead atoms. The lowest BCUT2D eigenvalue weighted by molar-refractivity contribution is -0.132. The third-order valence-electron chi connectivity index (χ3n) is 4.47. The van der Waals surface area contributed by atoms with Crippen molar-refractivity contribution in [3.63, 3.8) is 0 Å². The van der Waals surface area contributed by atoms with Crippen LogP contribution in [0.5, 0.6) is 5.75 Å². The molecule has 1 heterocycles. The Bertz CT molecular complexity index is 973. The summed E-state index contributed by atoms with van der Waals surface area (Å²) >= 11 is 6.07. The van der Waals surface area contributed by atoms with Gasteiger partial charge in [0.25, 0.3) is 5.91 Å². The first-order valence-corrected chi connectivity index (χ1v) is 9.38. The van der Waals surface area contributed by atoms with E-state index in [-0.39, 0.29) is 24.8 Å². The van der Waals surface area contributed by atoms with Crippen LogP contribution in [0.25, 0.3) is 0 Å². The van der Waals surface area contributed by atoms with E-state index in [0.29, 0.717) is 27.7 Å². The fourth-order valence-corrected chi connectivity index (χ4v) is 3.21. The predicted octanol–water partition coefficient (Wildman–Crippen LogP) is 3.66. The van der Waals surface area contributed by atoms with E-state index in [4.69, 9.17) is 16.3 Å². The Morgan fingerprint density at radius 1 is 1.21 bits per heavy atom. The average molecular weight is 417 g/mol. The van der Waals surface area contributed by atoms with Crippen LogP contribution in [0.4, 0.5) is 11.4 Å². The molecule has 29 heavy (non-hydrogen) atoms. The summed E-state index contributed by atoms with van der Waals surface area (Å²) in [5, 5.41) is 3.20. The molecule has 1 aliphatic rings. The maximum absolute atomic E-state index is 12.8. The van der Waals surface area contributed by atoms with Crippen molar-refractivity contribution in [3.05, 3.63) is 53.1 Å². The van der Waals surface area contributed by atoms with Crippen molar-refractivity contribution < 1.29 is 23.9 Å². The number of amides is 2. The molecule has 0 atom stereocenters. The zero-order valence-corrected chi connectivity index (χ0v) is 17.1. The molecule has 2 aromatic carbocycles. The van der Waals surface area contributed by atoms with Gasteiger partial charge in [-0.25, -0.2) is 4.79 Å². The molecule has 8 heteroatoms. The lowest BCUT2D eigenvalue weighted by atomic mass is 10.0. The van der Waals surface area contributed by atoms with Crippen LogP contribution >= 0.6 is 11.6 Å². The molecule has 152 valence electrons. The number of esters is 1. The molecule has 2 amide bonds. The molecule has 0 spiro atoms. The molecule has 0 fully saturated rings. The number of carbonyl (C=O) groups excluding carboxylic acids is 3. The Balaban J connectivity index is 1.72. The second kappa shape index (κ2) is 8.13. The number of hydrogen-bond acceptors (Lipinski definition) is 5. The highest BCUT2D eigenvalue weighted by Crippen LogP contribution is 2.39. The van der Waals surface area contributed by atoms with Crippen LogP contribution in [0.15, 0.2) is 42.5 Å². The second-order valence-electron chi connectivity index (χ2n) is 7.05. The molecule has 0 radical (unpaired) electrons. The van der Waals surface area contributed by atoms with Gasteiger partial charge in [-0.3, -0.25) is 9.59 Å². The van der Waals surface area contributed by atoms with Crippen molar-refractivity contribution in [1.29, 1.82) is 0 Å². The lowest BCUT2D eigenvalue weighted by Crippen LogP contribution is -2.53. The summed E-state index contributed by atoms with van der Waals surface area (Å²) in [4.78, 5) is 38.4. The van der Waals surface area contributed by atoms with Gasteiger partial charge >= 0.3 is 5.97 Å². The van der Waals surface area contributed by atoms with E-state index in [1.54, 1.807) is 50.2 Å². The van der Waals surface area contributed by atoms with Crippen molar-refractivity contribution in [2.45, 2.75) is 25.9 Å². The fourth-order valence-electron chi connectivity index (χ4n) is 3.04. The van der Waals surface area contributed by atoms with E-state index in [0.717, 1.165) is 0 Å². The van der Waals surface area contributed by atoms with Crippen LogP contribution < -0.4 is 15.0 Å². The first-order valence-electron chi connectivity index (χ1n) is 9.00. The van der Waals surface area contributed by atoms with Crippen LogP contribution in [0, 0.1) is 0 Å². The van der Waals surface area contributed by atoms with Crippen LogP contribution in [0.1, 0.15) is 30.6 Å². The molecular formula is C21H21ClN2O5. The third-order valence-corrected chi connectivity index (χ3v) is 4.70. The average Bonchev–Trinajstić information content (AvgIpc) is 2.68. The largest absolute Gasteiger partial charge is 0.476 e. The number of carbonyl (C=O) groups is 3. The summed E-state index contributed by atoms with van der Waals surface area (Å²) in [5.74, 6) is -0.513. The molecule has 1 aliphatic heterocycles. The van der Waals surface area contributed by atoms with E-state index in [2.05, 4.69) is 10.1 Å². The van der Waals surface area contributed by atoms with E-state index >= 15 is 0 Å². The fraction of sp³-hybridized carbons (Fsp3) is 0.286. The monoisotopic (exact) mass is 416 g/mol. The number of fused-ring (bicyclic) bond motifs is 1. The summed E-state index contributed by atoms with van der Waals surface area (Å²) in [5.41, 5.74) is 0.280. The Kier molecular flexibility index (Phi) is 5.79. The van der Waals surface area contributed by atoms with E-state index < -0.39 is 11.6 Å². The third kappa shape index (κ3) is 4.51. The number of methoxy groups -OCH3 is 1. The van der Waals surface area contributed by atoms with Crippen molar-refractivity contribution in [3.8, 4) is 5.75 Å². The quantitative estimate of drug-likeness (QED) is 0.752. The Hall–Kier alpha value is -3.06. The van der Waals surface area contributed by atoms with E-state index in [1.807, 2.05) is 0 Å². The molecule has 7 nitrogen and oxygen atoms in total. The number of benzene rings is 2. The number of anilines is 2. The molecule has 3 rings (SSSR count). The summed E-state index contributed by atoms with van der Waals surface area (Å²) < 4.78 is 10.5. The van der Waals surface area contributed by atoms with Gasteiger partial charge < -0.3 is 19.7 Å². The number of nitrogens with zero attached hydrogens (tertiary/aromatic N) is 1. The van der Waals surface area contributed by atoms with Gasteiger partial charge in [0.1, 0.15) is 5.75 Å². The lowest BCUT2D eigenvalue weighted by Gasteiger charge is -2.38. The van der Waals surface area contributed by atoms with Gasteiger partial charge in [0, 0.05) is 23.7 Å². The second-order valence-corrected chi connectivity index (χ2v) is 7.49. The highest BCUT2D eigenvalue weighted by molar-refractivity contribution is 6.31. The van der Waals surface area contributed by atoms with Crippen molar-refractivity contribution in [2.24, 2.45) is 0 Å². The number of ether oxygens (including phenoxy) is 2. The van der Waals surface area contributed by atoms with Crippen LogP contribution in [-0.4, -0.2) is 37.0 Å². The van der Waals surface area contributed by atoms with Crippen molar-refractivity contribution >= 4 is 40.8 Å². The Morgan fingerprint density at radius 2 is 1.97 bits per heavy atom. The molecule has 0 saturated carbocycles. The van der Waals surface area contributed by atoms with Gasteiger partial charge in [-0.05, 0) is 50.2 Å². The highest BCUT2D eigenvalue weighted by Gasteiger charge is 2.40. The van der Waals surface area contributed by atoms with Crippen molar-refractivity contribution in [1.82, 2.24) is 0 Å². The van der Waals surface area contributed by atoms with Gasteiger partial charge in [0.2, 0.25) is 5.91 Å². The molecule has 1 N–H and O–H groups in total. The van der Waals surface area contributed by atoms with Gasteiger partial charge in [-0.2, -0.15) is 0 Å². The summed E-state index contributed by atoms with van der Waals surface area (Å²) in [7, 11) is 1.29. The first-order chi connectivity index (χ1) is 13.7. The molecule has 0 aliphatic carbocycles. The minimum atomic E-state index is -1.05. The summed E-state index contributed by atoms with van der Waals surface area (Å²) in [6.07, 6.45) is 0.0518. The number of rotatable bonds is 5. The SMILES string of the molecule is COC(=O)c1cccc(NC(=O)CCN2C(=O)C(C)(C)Oc3ccc(Cl)cc32)c1. The Morgan fingerprint density at radius 3 is 2.69 bits per heavy atom. The van der Waals surface area contributed by atoms with Crippen LogP contribution in [0.3, 0.4) is 0 Å². The minimum absolute atomic E-state index is 0.0518. The van der Waals surface area contributed by atoms with Crippen molar-refractivity contribution in [2.75, 3.05) is 23.9 Å². The normalized spacial score (nSPS) is 14.6. The molecule has 2 aromatic rings.